The summed E-state index contributed by atoms with van der Waals surface area (Å²) >= 11 is 0. The summed E-state index contributed by atoms with van der Waals surface area (Å²) < 4.78 is 37.7. The Morgan fingerprint density at radius 3 is 2.71 bits per heavy atom. The molecule has 0 unspecified atom stereocenters. The Morgan fingerprint density at radius 2 is 2.12 bits per heavy atom. The molecule has 0 saturated carbocycles. The van der Waals surface area contributed by atoms with Crippen molar-refractivity contribution < 1.29 is 13.2 Å². The van der Waals surface area contributed by atoms with Gasteiger partial charge in [0, 0.05) is 16.2 Å². The summed E-state index contributed by atoms with van der Waals surface area (Å²) in [6, 6.07) is 3.15. The number of anilines is 1. The molecule has 1 aromatic carbocycles. The number of hydrogen-bond acceptors (Lipinski definition) is 2. The van der Waals surface area contributed by atoms with E-state index in [-0.39, 0.29) is 17.8 Å². The van der Waals surface area contributed by atoms with Crippen LogP contribution in [0.5, 0.6) is 0 Å². The molecular weight excluding hydrogens is 233 g/mol. The predicted octanol–water partition coefficient (Wildman–Crippen LogP) is 2.95. The van der Waals surface area contributed by atoms with E-state index in [1.165, 1.54) is 0 Å². The highest BCUT2D eigenvalue weighted by atomic mass is 19.4. The average molecular weight is 240 g/mol. The molecule has 0 bridgehead atoms. The van der Waals surface area contributed by atoms with E-state index >= 15 is 0 Å². The van der Waals surface area contributed by atoms with E-state index in [1.54, 1.807) is 0 Å². The monoisotopic (exact) mass is 240 g/mol. The number of nitrogen functional groups attached to an aromatic ring is 1. The second kappa shape index (κ2) is 5.14. The molecule has 2 N–H and O–H groups in total. The minimum absolute atomic E-state index is 0.186. The van der Waals surface area contributed by atoms with Crippen molar-refractivity contribution in [2.75, 3.05) is 12.3 Å². The number of alkyl halides is 3. The summed E-state index contributed by atoms with van der Waals surface area (Å²) in [5, 5.41) is 3.10. The molecule has 0 aliphatic rings. The van der Waals surface area contributed by atoms with Crippen LogP contribution >= 0.6 is 0 Å². The Balaban J connectivity index is 3.15. The number of benzene rings is 1. The zero-order valence-electron chi connectivity index (χ0n) is 8.49. The van der Waals surface area contributed by atoms with Gasteiger partial charge in [-0.05, 0) is 23.7 Å². The molecule has 0 amide bonds. The Morgan fingerprint density at radius 1 is 1.41 bits per heavy atom. The SMILES string of the molecule is [N-]=[N+]=NCC#Cc1cc(N)ccc1C(F)(F)F. The highest BCUT2D eigenvalue weighted by molar-refractivity contribution is 5.52. The highest BCUT2D eigenvalue weighted by Gasteiger charge is 2.32. The fourth-order valence-electron chi connectivity index (χ4n) is 1.11. The maximum atomic E-state index is 12.6. The van der Waals surface area contributed by atoms with Gasteiger partial charge in [-0.1, -0.05) is 17.0 Å². The van der Waals surface area contributed by atoms with Gasteiger partial charge in [-0.25, -0.2) is 0 Å². The lowest BCUT2D eigenvalue weighted by Crippen LogP contribution is -2.08. The Hall–Kier alpha value is -2.32. The molecule has 0 fully saturated rings. The normalized spacial score (nSPS) is 10.1. The molecule has 4 nitrogen and oxygen atoms in total. The first-order chi connectivity index (χ1) is 7.95. The van der Waals surface area contributed by atoms with Crippen molar-refractivity contribution in [2.24, 2.45) is 5.11 Å². The molecular formula is C10H7F3N4. The molecule has 1 rings (SSSR count). The number of azide groups is 1. The van der Waals surface area contributed by atoms with Crippen LogP contribution in [0.3, 0.4) is 0 Å². The maximum Gasteiger partial charge on any atom is 0.417 e. The van der Waals surface area contributed by atoms with Gasteiger partial charge in [0.05, 0.1) is 12.1 Å². The highest BCUT2D eigenvalue weighted by Crippen LogP contribution is 2.32. The van der Waals surface area contributed by atoms with E-state index in [4.69, 9.17) is 11.3 Å². The summed E-state index contributed by atoms with van der Waals surface area (Å²) in [5.41, 5.74) is 12.5. The molecule has 17 heavy (non-hydrogen) atoms. The molecule has 0 saturated heterocycles. The van der Waals surface area contributed by atoms with Gasteiger partial charge in [-0.2, -0.15) is 13.2 Å². The fraction of sp³-hybridized carbons (Fsp3) is 0.200. The minimum Gasteiger partial charge on any atom is -0.399 e. The Bertz CT molecular complexity index is 519. The van der Waals surface area contributed by atoms with Gasteiger partial charge < -0.3 is 5.73 Å². The van der Waals surface area contributed by atoms with Crippen molar-refractivity contribution >= 4 is 5.69 Å². The minimum atomic E-state index is -4.49. The standard InChI is InChI=1S/C10H7F3N4/c11-10(12,13)9-4-3-8(14)6-7(9)2-1-5-16-17-15/h3-4,6H,5,14H2. The van der Waals surface area contributed by atoms with Crippen molar-refractivity contribution in [2.45, 2.75) is 6.18 Å². The summed E-state index contributed by atoms with van der Waals surface area (Å²) in [6.07, 6.45) is -4.49. The van der Waals surface area contributed by atoms with Crippen LogP contribution in [0, 0.1) is 11.8 Å². The zero-order chi connectivity index (χ0) is 12.9. The Kier molecular flexibility index (Phi) is 3.86. The van der Waals surface area contributed by atoms with Crippen molar-refractivity contribution in [1.29, 1.82) is 0 Å². The second-order valence-electron chi connectivity index (χ2n) is 2.99. The quantitative estimate of drug-likeness (QED) is 0.264. The fourth-order valence-corrected chi connectivity index (χ4v) is 1.11. The third-order valence-electron chi connectivity index (χ3n) is 1.79. The molecule has 88 valence electrons. The van der Waals surface area contributed by atoms with E-state index in [0.29, 0.717) is 0 Å². The van der Waals surface area contributed by atoms with Gasteiger partial charge in [0.15, 0.2) is 0 Å². The molecule has 0 aliphatic carbocycles. The molecule has 0 radical (unpaired) electrons. The van der Waals surface area contributed by atoms with Gasteiger partial charge in [0.1, 0.15) is 0 Å². The smallest absolute Gasteiger partial charge is 0.399 e. The van der Waals surface area contributed by atoms with E-state index in [0.717, 1.165) is 18.2 Å². The van der Waals surface area contributed by atoms with Crippen LogP contribution in [-0.4, -0.2) is 6.54 Å². The van der Waals surface area contributed by atoms with Crippen LogP contribution in [0.25, 0.3) is 10.4 Å². The lowest BCUT2D eigenvalue weighted by Gasteiger charge is -2.09. The summed E-state index contributed by atoms with van der Waals surface area (Å²) in [7, 11) is 0. The summed E-state index contributed by atoms with van der Waals surface area (Å²) in [5.74, 6) is 4.60. The first-order valence-electron chi connectivity index (χ1n) is 4.41. The van der Waals surface area contributed by atoms with Crippen molar-refractivity contribution in [3.8, 4) is 11.8 Å². The van der Waals surface area contributed by atoms with Gasteiger partial charge in [0.2, 0.25) is 0 Å². The van der Waals surface area contributed by atoms with Crippen LogP contribution in [0.15, 0.2) is 23.3 Å². The third kappa shape index (κ3) is 3.63. The number of nitrogens with two attached hydrogens (primary N) is 1. The van der Waals surface area contributed by atoms with Crippen LogP contribution in [0.2, 0.25) is 0 Å². The average Bonchev–Trinajstić information content (AvgIpc) is 2.23. The molecule has 0 aliphatic heterocycles. The molecule has 0 atom stereocenters. The van der Waals surface area contributed by atoms with Gasteiger partial charge in [0.25, 0.3) is 0 Å². The molecule has 0 heterocycles. The zero-order valence-corrected chi connectivity index (χ0v) is 8.49. The van der Waals surface area contributed by atoms with E-state index in [1.807, 2.05) is 0 Å². The number of rotatable bonds is 1. The lowest BCUT2D eigenvalue weighted by molar-refractivity contribution is -0.137. The first kappa shape index (κ1) is 12.7. The van der Waals surface area contributed by atoms with Crippen LogP contribution in [0.1, 0.15) is 11.1 Å². The topological polar surface area (TPSA) is 74.8 Å². The second-order valence-corrected chi connectivity index (χ2v) is 2.99. The maximum absolute atomic E-state index is 12.6. The molecule has 0 spiro atoms. The third-order valence-corrected chi connectivity index (χ3v) is 1.79. The Labute approximate surface area is 94.9 Å². The molecule has 0 aromatic heterocycles. The number of nitrogens with zero attached hydrogens (tertiary/aromatic N) is 3. The van der Waals surface area contributed by atoms with Gasteiger partial charge >= 0.3 is 6.18 Å². The van der Waals surface area contributed by atoms with Crippen LogP contribution < -0.4 is 5.73 Å². The van der Waals surface area contributed by atoms with Crippen LogP contribution in [0.4, 0.5) is 18.9 Å². The van der Waals surface area contributed by atoms with E-state index in [9.17, 15) is 13.2 Å². The number of halogens is 3. The summed E-state index contributed by atoms with van der Waals surface area (Å²) in [4.78, 5) is 2.43. The lowest BCUT2D eigenvalue weighted by atomic mass is 10.1. The summed E-state index contributed by atoms with van der Waals surface area (Å²) in [6.45, 7) is -0.192. The van der Waals surface area contributed by atoms with E-state index in [2.05, 4.69) is 21.9 Å². The van der Waals surface area contributed by atoms with Gasteiger partial charge in [-0.15, -0.1) is 0 Å². The van der Waals surface area contributed by atoms with Gasteiger partial charge in [-0.3, -0.25) is 0 Å². The van der Waals surface area contributed by atoms with Crippen LogP contribution in [-0.2, 0) is 6.18 Å². The first-order valence-corrected chi connectivity index (χ1v) is 4.41. The molecule has 1 aromatic rings. The largest absolute Gasteiger partial charge is 0.417 e. The predicted molar refractivity (Wildman–Crippen MR) is 56.7 cm³/mol. The molecule has 7 heteroatoms. The van der Waals surface area contributed by atoms with Crippen molar-refractivity contribution in [3.63, 3.8) is 0 Å². The van der Waals surface area contributed by atoms with Crippen molar-refractivity contribution in [3.05, 3.63) is 39.8 Å². The van der Waals surface area contributed by atoms with E-state index < -0.39 is 11.7 Å². The van der Waals surface area contributed by atoms with Crippen molar-refractivity contribution in [1.82, 2.24) is 0 Å². The number of hydrogen-bond donors (Lipinski definition) is 1.